The molecule has 193 valence electrons. The van der Waals surface area contributed by atoms with Crippen LogP contribution in [0.2, 0.25) is 0 Å². The fraction of sp³-hybridized carbons (Fsp3) is 0.462. The fourth-order valence-corrected chi connectivity index (χ4v) is 3.19. The quantitative estimate of drug-likeness (QED) is 0.528. The summed E-state index contributed by atoms with van der Waals surface area (Å²) in [7, 11) is 0. The molecule has 8 heteroatoms. The predicted molar refractivity (Wildman–Crippen MR) is 126 cm³/mol. The summed E-state index contributed by atoms with van der Waals surface area (Å²) >= 11 is 0. The minimum absolute atomic E-state index is 0. The van der Waals surface area contributed by atoms with Crippen LogP contribution in [0.5, 0.6) is 11.5 Å². The molecule has 0 aliphatic rings. The third-order valence-corrected chi connectivity index (χ3v) is 5.32. The summed E-state index contributed by atoms with van der Waals surface area (Å²) in [4.78, 5) is 21.9. The van der Waals surface area contributed by atoms with Gasteiger partial charge in [-0.05, 0) is 46.9 Å². The molecule has 0 aliphatic heterocycles. The zero-order chi connectivity index (χ0) is 24.9. The number of hydrogen-bond donors (Lipinski definition) is 2. The van der Waals surface area contributed by atoms with Gasteiger partial charge in [-0.3, -0.25) is 0 Å². The Morgan fingerprint density at radius 1 is 0.618 bits per heavy atom. The second kappa shape index (κ2) is 14.0. The van der Waals surface area contributed by atoms with Crippen LogP contribution in [0.1, 0.15) is 122 Å². The number of carboxylic acids is 2. The van der Waals surface area contributed by atoms with Gasteiger partial charge in [-0.1, -0.05) is 90.1 Å². The van der Waals surface area contributed by atoms with Gasteiger partial charge in [0.2, 0.25) is 0 Å². The van der Waals surface area contributed by atoms with E-state index in [-0.39, 0.29) is 68.8 Å². The molecular formula is C26H36CuO7. The second-order valence-corrected chi connectivity index (χ2v) is 9.20. The Morgan fingerprint density at radius 2 is 0.882 bits per heavy atom. The van der Waals surface area contributed by atoms with E-state index in [4.69, 9.17) is 10.2 Å². The van der Waals surface area contributed by atoms with E-state index in [1.54, 1.807) is 0 Å². The average molecular weight is 524 g/mol. The summed E-state index contributed by atoms with van der Waals surface area (Å²) in [5.41, 5.74) is 2.75. The van der Waals surface area contributed by atoms with E-state index in [2.05, 4.69) is 0 Å². The van der Waals surface area contributed by atoms with E-state index in [1.807, 2.05) is 67.5 Å². The van der Waals surface area contributed by atoms with E-state index in [0.717, 1.165) is 11.1 Å². The van der Waals surface area contributed by atoms with Crippen LogP contribution in [0, 0.1) is 0 Å². The maximum atomic E-state index is 11.8. The second-order valence-electron chi connectivity index (χ2n) is 9.20. The summed E-state index contributed by atoms with van der Waals surface area (Å²) in [6, 6.07) is 6.62. The molecule has 7 nitrogen and oxygen atoms in total. The largest absolute Gasteiger partial charge is 2.00 e. The topological polar surface area (TPSA) is 152 Å². The molecule has 0 spiro atoms. The number of rotatable bonds is 6. The van der Waals surface area contributed by atoms with Crippen LogP contribution >= 0.6 is 0 Å². The third-order valence-electron chi connectivity index (χ3n) is 5.32. The minimum Gasteiger partial charge on any atom is -0.872 e. The van der Waals surface area contributed by atoms with Gasteiger partial charge in [-0.15, -0.1) is 0 Å². The summed E-state index contributed by atoms with van der Waals surface area (Å²) in [6.07, 6.45) is 0. The Labute approximate surface area is 212 Å². The van der Waals surface area contributed by atoms with Crippen LogP contribution in [-0.4, -0.2) is 27.6 Å². The van der Waals surface area contributed by atoms with Gasteiger partial charge in [-0.2, -0.15) is 0 Å². The van der Waals surface area contributed by atoms with Crippen molar-refractivity contribution in [2.75, 3.05) is 0 Å². The van der Waals surface area contributed by atoms with Crippen molar-refractivity contribution in [2.45, 2.75) is 79.1 Å². The van der Waals surface area contributed by atoms with Gasteiger partial charge in [0.1, 0.15) is 0 Å². The first-order valence-electron chi connectivity index (χ1n) is 10.8. The Kier molecular flexibility index (Phi) is 13.8. The molecule has 0 saturated carbocycles. The van der Waals surface area contributed by atoms with Crippen molar-refractivity contribution in [3.8, 4) is 11.5 Å². The molecule has 34 heavy (non-hydrogen) atoms. The van der Waals surface area contributed by atoms with Crippen molar-refractivity contribution in [1.29, 1.82) is 0 Å². The van der Waals surface area contributed by atoms with Gasteiger partial charge in [0.15, 0.2) is 0 Å². The molecular weight excluding hydrogens is 488 g/mol. The zero-order valence-electron chi connectivity index (χ0n) is 20.9. The summed E-state index contributed by atoms with van der Waals surface area (Å²) in [5, 5.41) is 41.6. The number of aromatic carboxylic acids is 2. The van der Waals surface area contributed by atoms with Crippen LogP contribution in [0.25, 0.3) is 0 Å². The van der Waals surface area contributed by atoms with Crippen molar-refractivity contribution < 1.29 is 52.6 Å². The monoisotopic (exact) mass is 523 g/mol. The first-order valence-corrected chi connectivity index (χ1v) is 10.8. The molecule has 0 aliphatic carbocycles. The molecule has 0 amide bonds. The molecule has 2 rings (SSSR count). The van der Waals surface area contributed by atoms with Crippen LogP contribution in [0.4, 0.5) is 0 Å². The Hall–Kier alpha value is -2.54. The van der Waals surface area contributed by atoms with E-state index < -0.39 is 11.9 Å². The number of hydrogen-bond acceptors (Lipinski definition) is 4. The van der Waals surface area contributed by atoms with Crippen molar-refractivity contribution in [3.05, 3.63) is 57.6 Å². The molecule has 0 fully saturated rings. The molecule has 0 unspecified atom stereocenters. The van der Waals surface area contributed by atoms with Crippen LogP contribution in [0.15, 0.2) is 24.3 Å². The number of carboxylic acid groups (broad SMARTS) is 2. The number of benzene rings is 2. The van der Waals surface area contributed by atoms with Gasteiger partial charge in [0, 0.05) is 0 Å². The fourth-order valence-electron chi connectivity index (χ4n) is 3.19. The van der Waals surface area contributed by atoms with Crippen molar-refractivity contribution in [1.82, 2.24) is 0 Å². The van der Waals surface area contributed by atoms with Crippen molar-refractivity contribution >= 4 is 11.9 Å². The van der Waals surface area contributed by atoms with E-state index in [0.29, 0.717) is 11.1 Å². The van der Waals surface area contributed by atoms with E-state index >= 15 is 0 Å². The van der Waals surface area contributed by atoms with Crippen molar-refractivity contribution in [2.24, 2.45) is 0 Å². The van der Waals surface area contributed by atoms with Gasteiger partial charge in [0.05, 0.1) is 11.1 Å². The van der Waals surface area contributed by atoms with Gasteiger partial charge in [0.25, 0.3) is 0 Å². The summed E-state index contributed by atoms with van der Waals surface area (Å²) in [6.45, 7) is 15.5. The van der Waals surface area contributed by atoms with Crippen molar-refractivity contribution in [3.63, 3.8) is 0 Å². The standard InChI is InChI=1S/2C13H18O3.Cu.H2O/c2*1-7(2)9-5-10(8(3)4)12(14)11(6-9)13(15)16;;/h2*5-8,14H,1-4H3,(H,15,16);;1H2/q;;+2;/p-2. The number of carbonyl (C=O) groups is 2. The normalized spacial score (nSPS) is 10.5. The molecule has 0 saturated heterocycles. The minimum atomic E-state index is -1.14. The average Bonchev–Trinajstić information content (AvgIpc) is 2.67. The smallest absolute Gasteiger partial charge is 0.872 e. The van der Waals surface area contributed by atoms with Gasteiger partial charge < -0.3 is 25.9 Å². The van der Waals surface area contributed by atoms with E-state index in [1.165, 1.54) is 12.1 Å². The van der Waals surface area contributed by atoms with Gasteiger partial charge in [-0.25, -0.2) is 9.59 Å². The Morgan fingerprint density at radius 3 is 1.06 bits per heavy atom. The maximum Gasteiger partial charge on any atom is 2.00 e. The molecule has 4 N–H and O–H groups in total. The molecule has 0 heterocycles. The first-order chi connectivity index (χ1) is 14.7. The Balaban J connectivity index is 0. The van der Waals surface area contributed by atoms with E-state index in [9.17, 15) is 19.8 Å². The Bertz CT molecular complexity index is 900. The first kappa shape index (κ1) is 33.6. The molecule has 0 aromatic heterocycles. The SMILES string of the molecule is CC(C)c1cc(C(=O)O)c([O-])c(C(C)C)c1.CC(C)c1cc(C(=O)O)c([O-])c(C(C)C)c1.O.[Cu+2]. The third kappa shape index (κ3) is 8.35. The van der Waals surface area contributed by atoms with Gasteiger partial charge >= 0.3 is 29.0 Å². The molecule has 0 atom stereocenters. The van der Waals surface area contributed by atoms with Crippen LogP contribution < -0.4 is 10.2 Å². The molecule has 2 aromatic rings. The predicted octanol–water partition coefficient (Wildman–Crippen LogP) is 4.58. The van der Waals surface area contributed by atoms with Crippen LogP contribution in [-0.2, 0) is 17.1 Å². The maximum absolute atomic E-state index is 11.8. The van der Waals surface area contributed by atoms with Crippen LogP contribution in [0.3, 0.4) is 0 Å². The molecule has 1 radical (unpaired) electrons. The summed E-state index contributed by atoms with van der Waals surface area (Å²) < 4.78 is 0. The molecule has 0 bridgehead atoms. The molecule has 2 aromatic carbocycles. The summed E-state index contributed by atoms with van der Waals surface area (Å²) in [5.74, 6) is -2.47. The zero-order valence-corrected chi connectivity index (χ0v) is 21.9.